The highest BCUT2D eigenvalue weighted by Gasteiger charge is 2.35. The number of aromatic amines is 1. The van der Waals surface area contributed by atoms with E-state index in [0.29, 0.717) is 5.75 Å². The first kappa shape index (κ1) is 15.3. The van der Waals surface area contributed by atoms with Gasteiger partial charge in [-0.05, 0) is 11.6 Å². The van der Waals surface area contributed by atoms with Crippen LogP contribution < -0.4 is 5.32 Å². The minimum Gasteiger partial charge on any atom is -0.293 e. The number of nitrogens with zero attached hydrogens (tertiary/aromatic N) is 3. The Kier molecular flexibility index (Phi) is 4.78. The summed E-state index contributed by atoms with van der Waals surface area (Å²) in [6, 6.07) is 3.64. The van der Waals surface area contributed by atoms with Crippen LogP contribution in [0.25, 0.3) is 0 Å². The van der Waals surface area contributed by atoms with Crippen LogP contribution in [0.2, 0.25) is 0 Å². The molecule has 2 aromatic rings. The summed E-state index contributed by atoms with van der Waals surface area (Å²) in [4.78, 5) is 18.6. The molecule has 0 unspecified atom stereocenters. The lowest BCUT2D eigenvalue weighted by Crippen LogP contribution is -2.15. The highest BCUT2D eigenvalue weighted by molar-refractivity contribution is 7.99. The summed E-state index contributed by atoms with van der Waals surface area (Å²) < 4.78 is 36.8. The number of halogens is 3. The van der Waals surface area contributed by atoms with Crippen molar-refractivity contribution in [1.29, 1.82) is 0 Å². The van der Waals surface area contributed by atoms with Gasteiger partial charge in [0.15, 0.2) is 0 Å². The molecule has 0 saturated heterocycles. The Morgan fingerprint density at radius 1 is 1.43 bits per heavy atom. The van der Waals surface area contributed by atoms with Crippen molar-refractivity contribution in [2.24, 2.45) is 0 Å². The fourth-order valence-corrected chi connectivity index (χ4v) is 2.12. The normalized spacial score (nSPS) is 11.4. The van der Waals surface area contributed by atoms with E-state index in [0.717, 1.165) is 5.56 Å². The van der Waals surface area contributed by atoms with Crippen LogP contribution in [0.15, 0.2) is 24.5 Å². The molecule has 0 aliphatic carbocycles. The molecular weight excluding hydrogens is 307 g/mol. The predicted molar refractivity (Wildman–Crippen MR) is 70.4 cm³/mol. The highest BCUT2D eigenvalue weighted by Crippen LogP contribution is 2.26. The molecule has 0 saturated carbocycles. The molecule has 0 atom stereocenters. The third-order valence-electron chi connectivity index (χ3n) is 2.23. The van der Waals surface area contributed by atoms with Gasteiger partial charge in [0.2, 0.25) is 17.7 Å². The Balaban J connectivity index is 1.78. The number of alkyl halides is 3. The Bertz CT molecular complexity index is 601. The van der Waals surface area contributed by atoms with Crippen LogP contribution in [-0.4, -0.2) is 31.8 Å². The topological polar surface area (TPSA) is 83.6 Å². The molecule has 10 heteroatoms. The second kappa shape index (κ2) is 6.57. The number of amides is 1. The van der Waals surface area contributed by atoms with Crippen molar-refractivity contribution in [3.8, 4) is 0 Å². The van der Waals surface area contributed by atoms with Crippen LogP contribution in [0.5, 0.6) is 0 Å². The van der Waals surface area contributed by atoms with Crippen molar-refractivity contribution in [2.45, 2.75) is 11.9 Å². The van der Waals surface area contributed by atoms with E-state index in [1.807, 2.05) is 6.07 Å². The number of pyridine rings is 1. The number of anilines is 1. The van der Waals surface area contributed by atoms with Crippen LogP contribution in [0.3, 0.4) is 0 Å². The van der Waals surface area contributed by atoms with Gasteiger partial charge < -0.3 is 0 Å². The lowest BCUT2D eigenvalue weighted by Gasteiger charge is -2.02. The average Bonchev–Trinajstić information content (AvgIpc) is 2.88. The van der Waals surface area contributed by atoms with Gasteiger partial charge in [-0.3, -0.25) is 20.2 Å². The molecule has 0 spiro atoms. The molecule has 0 aliphatic rings. The van der Waals surface area contributed by atoms with E-state index in [2.05, 4.69) is 20.4 Å². The number of thioether (sulfide) groups is 1. The quantitative estimate of drug-likeness (QED) is 0.882. The van der Waals surface area contributed by atoms with E-state index in [1.54, 1.807) is 23.6 Å². The highest BCUT2D eigenvalue weighted by atomic mass is 32.2. The van der Waals surface area contributed by atoms with Crippen molar-refractivity contribution in [2.75, 3.05) is 11.1 Å². The molecule has 2 heterocycles. The Hall–Kier alpha value is -2.10. The molecule has 21 heavy (non-hydrogen) atoms. The molecule has 0 aromatic carbocycles. The van der Waals surface area contributed by atoms with E-state index >= 15 is 0 Å². The fraction of sp³-hybridized carbons (Fsp3) is 0.273. The van der Waals surface area contributed by atoms with Crippen LogP contribution in [0, 0.1) is 0 Å². The molecule has 0 radical (unpaired) electrons. The van der Waals surface area contributed by atoms with Crippen molar-refractivity contribution in [1.82, 2.24) is 20.2 Å². The van der Waals surface area contributed by atoms with Crippen LogP contribution in [0.1, 0.15) is 11.4 Å². The van der Waals surface area contributed by atoms with Crippen molar-refractivity contribution in [3.63, 3.8) is 0 Å². The number of rotatable bonds is 5. The molecule has 2 rings (SSSR count). The van der Waals surface area contributed by atoms with Crippen molar-refractivity contribution >= 4 is 23.6 Å². The predicted octanol–water partition coefficient (Wildman–Crippen LogP) is 2.09. The SMILES string of the molecule is O=C(CSCc1cccnc1)Nc1n[nH]c(C(F)(F)F)n1. The molecule has 0 bridgehead atoms. The van der Waals surface area contributed by atoms with Gasteiger partial charge in [0.25, 0.3) is 0 Å². The van der Waals surface area contributed by atoms with Gasteiger partial charge in [0.1, 0.15) is 0 Å². The fourth-order valence-electron chi connectivity index (χ4n) is 1.35. The lowest BCUT2D eigenvalue weighted by atomic mass is 10.3. The molecule has 0 aliphatic heterocycles. The summed E-state index contributed by atoms with van der Waals surface area (Å²) in [5.41, 5.74) is 0.951. The van der Waals surface area contributed by atoms with Gasteiger partial charge >= 0.3 is 6.18 Å². The smallest absolute Gasteiger partial charge is 0.293 e. The van der Waals surface area contributed by atoms with Crippen molar-refractivity contribution in [3.05, 3.63) is 35.9 Å². The van der Waals surface area contributed by atoms with Gasteiger partial charge in [-0.2, -0.15) is 18.2 Å². The summed E-state index contributed by atoms with van der Waals surface area (Å²) >= 11 is 1.31. The first-order chi connectivity index (χ1) is 9.95. The van der Waals surface area contributed by atoms with Gasteiger partial charge in [0, 0.05) is 18.1 Å². The zero-order valence-electron chi connectivity index (χ0n) is 10.5. The standard InChI is InChI=1S/C11H10F3N5OS/c12-11(13,14)9-17-10(19-18-9)16-8(20)6-21-5-7-2-1-3-15-4-7/h1-4H,5-6H2,(H2,16,17,18,19,20). The third-order valence-corrected chi connectivity index (χ3v) is 3.23. The minimum atomic E-state index is -4.62. The maximum atomic E-state index is 12.3. The lowest BCUT2D eigenvalue weighted by molar-refractivity contribution is -0.144. The summed E-state index contributed by atoms with van der Waals surface area (Å²) in [7, 11) is 0. The molecule has 2 N–H and O–H groups in total. The monoisotopic (exact) mass is 317 g/mol. The zero-order valence-corrected chi connectivity index (χ0v) is 11.3. The van der Waals surface area contributed by atoms with E-state index in [1.165, 1.54) is 11.8 Å². The second-order valence-electron chi connectivity index (χ2n) is 3.91. The summed E-state index contributed by atoms with van der Waals surface area (Å²) in [5.74, 6) is -1.47. The molecule has 112 valence electrons. The van der Waals surface area contributed by atoms with Crippen LogP contribution in [-0.2, 0) is 16.7 Å². The van der Waals surface area contributed by atoms with Gasteiger partial charge in [-0.15, -0.1) is 16.9 Å². The minimum absolute atomic E-state index is 0.0742. The Labute approximate surface area is 121 Å². The van der Waals surface area contributed by atoms with E-state index in [9.17, 15) is 18.0 Å². The number of hydrogen-bond donors (Lipinski definition) is 2. The number of hydrogen-bond acceptors (Lipinski definition) is 5. The number of carbonyl (C=O) groups excluding carboxylic acids is 1. The van der Waals surface area contributed by atoms with E-state index in [-0.39, 0.29) is 5.75 Å². The van der Waals surface area contributed by atoms with Crippen molar-refractivity contribution < 1.29 is 18.0 Å². The first-order valence-corrected chi connectivity index (χ1v) is 6.87. The van der Waals surface area contributed by atoms with E-state index < -0.39 is 23.9 Å². The Morgan fingerprint density at radius 3 is 2.86 bits per heavy atom. The Morgan fingerprint density at radius 2 is 2.24 bits per heavy atom. The number of H-pyrrole nitrogens is 1. The third kappa shape index (κ3) is 4.74. The summed E-state index contributed by atoms with van der Waals surface area (Å²) in [6.07, 6.45) is -1.30. The largest absolute Gasteiger partial charge is 0.451 e. The van der Waals surface area contributed by atoms with Gasteiger partial charge in [-0.25, -0.2) is 0 Å². The van der Waals surface area contributed by atoms with E-state index in [4.69, 9.17) is 0 Å². The number of aromatic nitrogens is 4. The molecule has 1 amide bonds. The zero-order chi connectivity index (χ0) is 15.3. The molecule has 6 nitrogen and oxygen atoms in total. The maximum absolute atomic E-state index is 12.3. The molecular formula is C11H10F3N5OS. The van der Waals surface area contributed by atoms with Crippen LogP contribution >= 0.6 is 11.8 Å². The van der Waals surface area contributed by atoms with Gasteiger partial charge in [-0.1, -0.05) is 6.07 Å². The number of nitrogens with one attached hydrogen (secondary N) is 2. The second-order valence-corrected chi connectivity index (χ2v) is 4.89. The van der Waals surface area contributed by atoms with Crippen LogP contribution in [0.4, 0.5) is 19.1 Å². The molecule has 0 fully saturated rings. The van der Waals surface area contributed by atoms with Gasteiger partial charge in [0.05, 0.1) is 5.75 Å². The average molecular weight is 317 g/mol. The number of carbonyl (C=O) groups is 1. The summed E-state index contributed by atoms with van der Waals surface area (Å²) in [6.45, 7) is 0. The maximum Gasteiger partial charge on any atom is 0.451 e. The first-order valence-electron chi connectivity index (χ1n) is 5.71. The summed E-state index contributed by atoms with van der Waals surface area (Å²) in [5, 5.41) is 7.19. The molecule has 2 aromatic heterocycles.